The number of carbonyl (C=O) groups excluding carboxylic acids is 1. The molecule has 4 rings (SSSR count). The van der Waals surface area contributed by atoms with Crippen molar-refractivity contribution >= 4 is 22.4 Å². The Morgan fingerprint density at radius 3 is 2.69 bits per heavy atom. The van der Waals surface area contributed by atoms with Crippen molar-refractivity contribution in [1.82, 2.24) is 20.0 Å². The van der Waals surface area contributed by atoms with Gasteiger partial charge in [-0.2, -0.15) is 10.4 Å². The van der Waals surface area contributed by atoms with E-state index in [1.165, 1.54) is 20.3 Å². The van der Waals surface area contributed by atoms with Crippen LogP contribution in [0.4, 0.5) is 5.13 Å². The molecular formula is C25H24N6O7S. The third-order valence-corrected chi connectivity index (χ3v) is 6.08. The van der Waals surface area contributed by atoms with Gasteiger partial charge in [-0.05, 0) is 31.2 Å². The number of methoxy groups -OCH3 is 2. The van der Waals surface area contributed by atoms with E-state index in [9.17, 15) is 9.59 Å². The number of hydrogen-bond acceptors (Lipinski definition) is 12. The van der Waals surface area contributed by atoms with Gasteiger partial charge in [0.25, 0.3) is 5.91 Å². The van der Waals surface area contributed by atoms with E-state index >= 15 is 0 Å². The van der Waals surface area contributed by atoms with Crippen LogP contribution >= 0.6 is 11.3 Å². The van der Waals surface area contributed by atoms with Crippen LogP contribution in [0.2, 0.25) is 0 Å². The Bertz CT molecular complexity index is 1550. The van der Waals surface area contributed by atoms with Gasteiger partial charge in [-0.25, -0.2) is 9.48 Å². The van der Waals surface area contributed by atoms with Gasteiger partial charge in [-0.1, -0.05) is 17.4 Å². The molecule has 4 aromatic rings. The molecular weight excluding hydrogens is 528 g/mol. The molecule has 0 saturated heterocycles. The topological polar surface area (TPSA) is 164 Å². The zero-order chi connectivity index (χ0) is 27.8. The van der Waals surface area contributed by atoms with Crippen molar-refractivity contribution in [2.45, 2.75) is 13.3 Å². The van der Waals surface area contributed by atoms with Gasteiger partial charge in [-0.15, -0.1) is 10.2 Å². The maximum atomic E-state index is 13.1. The van der Waals surface area contributed by atoms with E-state index < -0.39 is 11.5 Å². The molecule has 3 heterocycles. The zero-order valence-electron chi connectivity index (χ0n) is 21.3. The smallest absolute Gasteiger partial charge is 0.379 e. The molecule has 1 amide bonds. The molecule has 3 aromatic heterocycles. The number of aryl methyl sites for hydroxylation is 1. The highest BCUT2D eigenvalue weighted by molar-refractivity contribution is 7.17. The highest BCUT2D eigenvalue weighted by Crippen LogP contribution is 2.42. The summed E-state index contributed by atoms with van der Waals surface area (Å²) >= 11 is 1.09. The molecule has 0 aliphatic heterocycles. The third-order valence-electron chi connectivity index (χ3n) is 5.26. The van der Waals surface area contributed by atoms with E-state index in [0.29, 0.717) is 22.2 Å². The SMILES string of the molecule is COCCOc1c(-c2c(OC)cccc2OCCC#N)cc(C(=O)Nc2nnc(-n3nccc3C)s2)oc1=O. The van der Waals surface area contributed by atoms with E-state index in [1.54, 1.807) is 29.1 Å². The molecule has 0 radical (unpaired) electrons. The molecule has 39 heavy (non-hydrogen) atoms. The summed E-state index contributed by atoms with van der Waals surface area (Å²) in [5.74, 6) is -0.540. The van der Waals surface area contributed by atoms with Crippen LogP contribution in [-0.4, -0.2) is 59.9 Å². The standard InChI is InChI=1S/C25H24N6O7S/c1-15-8-10-27-31(15)25-30-29-24(39-25)28-22(32)19-14-16(21(23(33)38-19)37-13-12-34-2)20-17(35-3)6-4-7-18(20)36-11-5-9-26/h4,6-8,10,14H,5,11-13H2,1-3H3,(H,28,29,32). The summed E-state index contributed by atoms with van der Waals surface area (Å²) in [6.45, 7) is 2.20. The summed E-state index contributed by atoms with van der Waals surface area (Å²) in [6.07, 6.45) is 1.76. The highest BCUT2D eigenvalue weighted by atomic mass is 32.1. The molecule has 1 N–H and O–H groups in total. The molecule has 0 aliphatic carbocycles. The molecule has 0 atom stereocenters. The molecule has 13 nitrogen and oxygen atoms in total. The second-order valence-corrected chi connectivity index (χ2v) is 8.76. The first-order valence-corrected chi connectivity index (χ1v) is 12.4. The Morgan fingerprint density at radius 1 is 1.15 bits per heavy atom. The molecule has 14 heteroatoms. The van der Waals surface area contributed by atoms with Crippen LogP contribution in [-0.2, 0) is 4.74 Å². The lowest BCUT2D eigenvalue weighted by Crippen LogP contribution is -2.18. The van der Waals surface area contributed by atoms with Gasteiger partial charge in [0.1, 0.15) is 24.7 Å². The second-order valence-electron chi connectivity index (χ2n) is 7.80. The zero-order valence-corrected chi connectivity index (χ0v) is 22.1. The lowest BCUT2D eigenvalue weighted by molar-refractivity contribution is 0.0990. The Labute approximate surface area is 226 Å². The van der Waals surface area contributed by atoms with Crippen LogP contribution in [0.1, 0.15) is 22.7 Å². The van der Waals surface area contributed by atoms with Crippen LogP contribution in [0, 0.1) is 18.3 Å². The summed E-state index contributed by atoms with van der Waals surface area (Å²) in [4.78, 5) is 26.2. The summed E-state index contributed by atoms with van der Waals surface area (Å²) in [6, 6.07) is 10.2. The normalized spacial score (nSPS) is 10.6. The van der Waals surface area contributed by atoms with Crippen LogP contribution in [0.15, 0.2) is 45.7 Å². The first kappa shape index (κ1) is 27.3. The number of nitriles is 1. The van der Waals surface area contributed by atoms with Gasteiger partial charge in [0.05, 0.1) is 31.8 Å². The van der Waals surface area contributed by atoms with Crippen molar-refractivity contribution in [1.29, 1.82) is 5.26 Å². The first-order chi connectivity index (χ1) is 19.0. The van der Waals surface area contributed by atoms with Crippen molar-refractivity contribution in [2.24, 2.45) is 0 Å². The van der Waals surface area contributed by atoms with E-state index in [-0.39, 0.29) is 48.4 Å². The maximum absolute atomic E-state index is 13.1. The minimum atomic E-state index is -0.896. The molecule has 1 aromatic carbocycles. The Morgan fingerprint density at radius 2 is 1.97 bits per heavy atom. The van der Waals surface area contributed by atoms with E-state index in [1.807, 2.05) is 19.1 Å². The van der Waals surface area contributed by atoms with Crippen LogP contribution in [0.3, 0.4) is 0 Å². The van der Waals surface area contributed by atoms with Crippen molar-refractivity contribution in [3.8, 4) is 39.6 Å². The fraction of sp³-hybridized carbons (Fsp3) is 0.280. The summed E-state index contributed by atoms with van der Waals surface area (Å²) in [5.41, 5.74) is 0.489. The highest BCUT2D eigenvalue weighted by Gasteiger charge is 2.25. The maximum Gasteiger partial charge on any atom is 0.379 e. The van der Waals surface area contributed by atoms with E-state index in [2.05, 4.69) is 20.6 Å². The average molecular weight is 553 g/mol. The second kappa shape index (κ2) is 12.7. The lowest BCUT2D eigenvalue weighted by Gasteiger charge is -2.17. The van der Waals surface area contributed by atoms with Gasteiger partial charge in [0, 0.05) is 24.6 Å². The largest absolute Gasteiger partial charge is 0.496 e. The number of anilines is 1. The number of hydrogen-bond donors (Lipinski definition) is 1. The molecule has 0 spiro atoms. The molecule has 0 bridgehead atoms. The Kier molecular flexibility index (Phi) is 8.87. The number of carbonyl (C=O) groups is 1. The summed E-state index contributed by atoms with van der Waals surface area (Å²) < 4.78 is 29.0. The number of ether oxygens (including phenoxy) is 4. The van der Waals surface area contributed by atoms with Gasteiger partial charge >= 0.3 is 5.63 Å². The fourth-order valence-electron chi connectivity index (χ4n) is 3.50. The summed E-state index contributed by atoms with van der Waals surface area (Å²) in [7, 11) is 2.95. The number of rotatable bonds is 12. The molecule has 202 valence electrons. The number of benzene rings is 1. The van der Waals surface area contributed by atoms with Gasteiger partial charge < -0.3 is 23.4 Å². The monoisotopic (exact) mass is 552 g/mol. The minimum absolute atomic E-state index is 0.0416. The van der Waals surface area contributed by atoms with Crippen molar-refractivity contribution in [2.75, 3.05) is 39.4 Å². The van der Waals surface area contributed by atoms with Crippen molar-refractivity contribution in [3.05, 3.63) is 58.4 Å². The number of amides is 1. The van der Waals surface area contributed by atoms with Gasteiger partial charge in [-0.3, -0.25) is 10.1 Å². The van der Waals surface area contributed by atoms with Gasteiger partial charge in [0.2, 0.25) is 16.0 Å². The van der Waals surface area contributed by atoms with Gasteiger partial charge in [0.15, 0.2) is 5.76 Å². The van der Waals surface area contributed by atoms with Crippen LogP contribution in [0.25, 0.3) is 16.3 Å². The molecule has 0 unspecified atom stereocenters. The first-order valence-electron chi connectivity index (χ1n) is 11.6. The molecule has 0 fully saturated rings. The predicted octanol–water partition coefficient (Wildman–Crippen LogP) is 3.23. The van der Waals surface area contributed by atoms with Crippen molar-refractivity contribution in [3.63, 3.8) is 0 Å². The molecule has 0 aliphatic rings. The minimum Gasteiger partial charge on any atom is -0.496 e. The average Bonchev–Trinajstić information content (AvgIpc) is 3.57. The van der Waals surface area contributed by atoms with Crippen LogP contribution < -0.4 is 25.2 Å². The van der Waals surface area contributed by atoms with E-state index in [4.69, 9.17) is 28.6 Å². The van der Waals surface area contributed by atoms with E-state index in [0.717, 1.165) is 17.0 Å². The fourth-order valence-corrected chi connectivity index (χ4v) is 4.25. The number of aromatic nitrogens is 4. The Hall–Kier alpha value is -4.74. The summed E-state index contributed by atoms with van der Waals surface area (Å²) in [5, 5.41) is 24.3. The molecule has 0 saturated carbocycles. The number of nitrogens with zero attached hydrogens (tertiary/aromatic N) is 5. The predicted molar refractivity (Wildman–Crippen MR) is 140 cm³/mol. The third kappa shape index (κ3) is 6.22. The number of nitrogens with one attached hydrogen (secondary N) is 1. The lowest BCUT2D eigenvalue weighted by atomic mass is 10.0. The van der Waals surface area contributed by atoms with Crippen LogP contribution in [0.5, 0.6) is 17.2 Å². The quantitative estimate of drug-likeness (QED) is 0.257. The Balaban J connectivity index is 1.74. The van der Waals surface area contributed by atoms with Crippen molar-refractivity contribution < 1.29 is 28.2 Å².